The van der Waals surface area contributed by atoms with Crippen LogP contribution < -0.4 is 19.5 Å². The smallest absolute Gasteiger partial charge is 0.261 e. The molecule has 0 saturated carbocycles. The predicted octanol–water partition coefficient (Wildman–Crippen LogP) is 4.91. The van der Waals surface area contributed by atoms with E-state index >= 15 is 0 Å². The van der Waals surface area contributed by atoms with Crippen molar-refractivity contribution in [3.63, 3.8) is 0 Å². The highest BCUT2D eigenvalue weighted by Gasteiger charge is 2.19. The Balaban J connectivity index is 1.83. The molecule has 1 amide bonds. The van der Waals surface area contributed by atoms with Crippen molar-refractivity contribution in [3.05, 3.63) is 53.6 Å². The first-order valence-electron chi connectivity index (χ1n) is 10.5. The van der Waals surface area contributed by atoms with Crippen LogP contribution in [0.3, 0.4) is 0 Å². The lowest BCUT2D eigenvalue weighted by molar-refractivity contribution is -0.128. The van der Waals surface area contributed by atoms with Crippen LogP contribution in [0.25, 0.3) is 0 Å². The molecule has 1 unspecified atom stereocenters. The molecule has 5 nitrogen and oxygen atoms in total. The zero-order valence-electron chi connectivity index (χ0n) is 19.1. The molecule has 0 heterocycles. The third kappa shape index (κ3) is 6.68. The lowest BCUT2D eigenvalue weighted by Gasteiger charge is -2.21. The van der Waals surface area contributed by atoms with Gasteiger partial charge in [0.2, 0.25) is 0 Å². The van der Waals surface area contributed by atoms with Crippen LogP contribution in [0.2, 0.25) is 0 Å². The van der Waals surface area contributed by atoms with Crippen LogP contribution >= 0.6 is 0 Å². The Labute approximate surface area is 180 Å². The summed E-state index contributed by atoms with van der Waals surface area (Å²) in [5.74, 6) is 2.07. The number of amides is 1. The zero-order valence-corrected chi connectivity index (χ0v) is 19.1. The first-order valence-corrected chi connectivity index (χ1v) is 10.5. The molecule has 0 aliphatic rings. The predicted molar refractivity (Wildman–Crippen MR) is 121 cm³/mol. The minimum Gasteiger partial charge on any atom is -0.493 e. The first kappa shape index (κ1) is 23.6. The van der Waals surface area contributed by atoms with Crippen molar-refractivity contribution < 1.29 is 19.0 Å². The van der Waals surface area contributed by atoms with E-state index in [1.807, 2.05) is 37.3 Å². The van der Waals surface area contributed by atoms with Gasteiger partial charge in [0.05, 0.1) is 14.2 Å². The van der Waals surface area contributed by atoms with Crippen LogP contribution in [0.5, 0.6) is 17.2 Å². The lowest BCUT2D eigenvalue weighted by atomic mass is 9.87. The van der Waals surface area contributed by atoms with Gasteiger partial charge in [-0.2, -0.15) is 0 Å². The molecular formula is C25H35NO4. The summed E-state index contributed by atoms with van der Waals surface area (Å²) in [4.78, 5) is 12.5. The van der Waals surface area contributed by atoms with Gasteiger partial charge in [0.25, 0.3) is 5.91 Å². The van der Waals surface area contributed by atoms with Gasteiger partial charge in [-0.05, 0) is 60.1 Å². The lowest BCUT2D eigenvalue weighted by Crippen LogP contribution is -2.38. The number of aryl methyl sites for hydroxylation is 1. The summed E-state index contributed by atoms with van der Waals surface area (Å²) in [6.07, 6.45) is 1.79. The number of carbonyl (C=O) groups is 1. The maximum atomic E-state index is 12.5. The number of benzene rings is 2. The van der Waals surface area contributed by atoms with Gasteiger partial charge in [0.15, 0.2) is 17.6 Å². The molecule has 0 spiro atoms. The molecule has 2 rings (SSSR count). The first-order chi connectivity index (χ1) is 14.3. The van der Waals surface area contributed by atoms with Gasteiger partial charge in [-0.3, -0.25) is 4.79 Å². The van der Waals surface area contributed by atoms with E-state index in [1.54, 1.807) is 14.2 Å². The monoisotopic (exact) mass is 413 g/mol. The summed E-state index contributed by atoms with van der Waals surface area (Å²) in [7, 11) is 3.25. The third-order valence-corrected chi connectivity index (χ3v) is 5.05. The van der Waals surface area contributed by atoms with Crippen LogP contribution in [0.1, 0.15) is 51.7 Å². The Bertz CT molecular complexity index is 809. The Morgan fingerprint density at radius 1 is 1.00 bits per heavy atom. The van der Waals surface area contributed by atoms with Gasteiger partial charge >= 0.3 is 0 Å². The summed E-state index contributed by atoms with van der Waals surface area (Å²) in [5, 5.41) is 2.99. The number of hydrogen-bond donors (Lipinski definition) is 1. The van der Waals surface area contributed by atoms with E-state index in [4.69, 9.17) is 14.2 Å². The maximum Gasteiger partial charge on any atom is 0.261 e. The van der Waals surface area contributed by atoms with Gasteiger partial charge in [-0.15, -0.1) is 0 Å². The quantitative estimate of drug-likeness (QED) is 0.563. The van der Waals surface area contributed by atoms with Crippen molar-refractivity contribution in [1.82, 2.24) is 5.32 Å². The van der Waals surface area contributed by atoms with E-state index in [1.165, 1.54) is 5.56 Å². The Kier molecular flexibility index (Phi) is 8.58. The second-order valence-electron chi connectivity index (χ2n) is 8.37. The summed E-state index contributed by atoms with van der Waals surface area (Å²) in [6, 6.07) is 13.9. The molecule has 0 radical (unpaired) electrons. The van der Waals surface area contributed by atoms with Gasteiger partial charge in [-0.25, -0.2) is 0 Å². The van der Waals surface area contributed by atoms with Crippen molar-refractivity contribution in [1.29, 1.82) is 0 Å². The van der Waals surface area contributed by atoms with Crippen LogP contribution in [0, 0.1) is 0 Å². The molecule has 0 aliphatic heterocycles. The molecular weight excluding hydrogens is 378 g/mol. The van der Waals surface area contributed by atoms with Crippen molar-refractivity contribution in [2.45, 2.75) is 58.5 Å². The molecule has 0 aliphatic carbocycles. The van der Waals surface area contributed by atoms with Gasteiger partial charge in [-0.1, -0.05) is 45.9 Å². The highest BCUT2D eigenvalue weighted by molar-refractivity contribution is 5.81. The number of ether oxygens (including phenoxy) is 3. The summed E-state index contributed by atoms with van der Waals surface area (Å²) < 4.78 is 16.5. The summed E-state index contributed by atoms with van der Waals surface area (Å²) >= 11 is 0. The SMILES string of the molecule is CCC(Oc1ccc(C(C)(C)C)cc1)C(=O)NCCCc1ccc(OC)c(OC)c1. The van der Waals surface area contributed by atoms with E-state index in [0.717, 1.165) is 29.9 Å². The normalized spacial score (nSPS) is 12.2. The Morgan fingerprint density at radius 3 is 2.23 bits per heavy atom. The van der Waals surface area contributed by atoms with Crippen LogP contribution in [-0.2, 0) is 16.6 Å². The van der Waals surface area contributed by atoms with Crippen molar-refractivity contribution in [2.75, 3.05) is 20.8 Å². The minimum atomic E-state index is -0.494. The van der Waals surface area contributed by atoms with E-state index in [2.05, 4.69) is 38.2 Å². The molecule has 1 N–H and O–H groups in total. The molecule has 2 aromatic rings. The molecule has 0 bridgehead atoms. The van der Waals surface area contributed by atoms with Gasteiger partial charge in [0, 0.05) is 6.54 Å². The molecule has 0 fully saturated rings. The fourth-order valence-electron chi connectivity index (χ4n) is 3.17. The van der Waals surface area contributed by atoms with E-state index in [-0.39, 0.29) is 11.3 Å². The minimum absolute atomic E-state index is 0.0790. The highest BCUT2D eigenvalue weighted by atomic mass is 16.5. The van der Waals surface area contributed by atoms with Crippen molar-refractivity contribution in [2.24, 2.45) is 0 Å². The fourth-order valence-corrected chi connectivity index (χ4v) is 3.17. The average molecular weight is 414 g/mol. The summed E-state index contributed by atoms with van der Waals surface area (Å²) in [6.45, 7) is 9.07. The van der Waals surface area contributed by atoms with Gasteiger partial charge < -0.3 is 19.5 Å². The van der Waals surface area contributed by atoms with Crippen LogP contribution in [0.15, 0.2) is 42.5 Å². The van der Waals surface area contributed by atoms with Gasteiger partial charge in [0.1, 0.15) is 5.75 Å². The van der Waals surface area contributed by atoms with E-state index in [9.17, 15) is 4.79 Å². The zero-order chi connectivity index (χ0) is 22.1. The second-order valence-corrected chi connectivity index (χ2v) is 8.37. The summed E-state index contributed by atoms with van der Waals surface area (Å²) in [5.41, 5.74) is 2.47. The molecule has 1 atom stereocenters. The highest BCUT2D eigenvalue weighted by Crippen LogP contribution is 2.28. The number of methoxy groups -OCH3 is 2. The second kappa shape index (κ2) is 10.9. The third-order valence-electron chi connectivity index (χ3n) is 5.05. The number of hydrogen-bond acceptors (Lipinski definition) is 4. The van der Waals surface area contributed by atoms with E-state index in [0.29, 0.717) is 18.7 Å². The molecule has 0 aromatic heterocycles. The number of rotatable bonds is 10. The Morgan fingerprint density at radius 2 is 1.67 bits per heavy atom. The fraction of sp³-hybridized carbons (Fsp3) is 0.480. The van der Waals surface area contributed by atoms with Crippen molar-refractivity contribution >= 4 is 5.91 Å². The average Bonchev–Trinajstić information content (AvgIpc) is 2.74. The largest absolute Gasteiger partial charge is 0.493 e. The number of nitrogens with one attached hydrogen (secondary N) is 1. The standard InChI is InChI=1S/C25H35NO4/c1-7-21(30-20-13-11-19(12-14-20)25(2,3)4)24(27)26-16-8-9-18-10-15-22(28-5)23(17-18)29-6/h10-15,17,21H,7-9,16H2,1-6H3,(H,26,27). The molecule has 0 saturated heterocycles. The topological polar surface area (TPSA) is 56.8 Å². The molecule has 30 heavy (non-hydrogen) atoms. The van der Waals surface area contributed by atoms with Crippen LogP contribution in [-0.4, -0.2) is 32.8 Å². The molecule has 5 heteroatoms. The molecule has 2 aromatic carbocycles. The number of carbonyl (C=O) groups excluding carboxylic acids is 1. The molecule has 164 valence electrons. The van der Waals surface area contributed by atoms with E-state index < -0.39 is 6.10 Å². The Hall–Kier alpha value is -2.69. The van der Waals surface area contributed by atoms with Crippen molar-refractivity contribution in [3.8, 4) is 17.2 Å². The maximum absolute atomic E-state index is 12.5. The van der Waals surface area contributed by atoms with Crippen LogP contribution in [0.4, 0.5) is 0 Å².